The van der Waals surface area contributed by atoms with E-state index in [0.717, 1.165) is 9.35 Å². The second kappa shape index (κ2) is 3.47. The molecule has 78 valence electrons. The van der Waals surface area contributed by atoms with E-state index < -0.39 is 13.8 Å². The standard InChI is InChI=1S/C8H8BrClO2S2/c9-6-1-4-13-7(6)5-8(2-3-8)14(10,11)12/h1,4H,2-3,5H2. The average molecular weight is 316 g/mol. The van der Waals surface area contributed by atoms with Gasteiger partial charge < -0.3 is 0 Å². The van der Waals surface area contributed by atoms with E-state index in [2.05, 4.69) is 15.9 Å². The third-order valence-electron chi connectivity index (χ3n) is 2.50. The highest BCUT2D eigenvalue weighted by Crippen LogP contribution is 2.49. The molecule has 6 heteroatoms. The Labute approximate surface area is 99.8 Å². The Kier molecular flexibility index (Phi) is 2.71. The van der Waals surface area contributed by atoms with E-state index in [-0.39, 0.29) is 0 Å². The minimum Gasteiger partial charge on any atom is -0.212 e. The van der Waals surface area contributed by atoms with E-state index in [4.69, 9.17) is 10.7 Å². The van der Waals surface area contributed by atoms with Crippen LogP contribution in [0, 0.1) is 0 Å². The second-order valence-electron chi connectivity index (χ2n) is 3.49. The lowest BCUT2D eigenvalue weighted by atomic mass is 10.2. The first-order valence-electron chi connectivity index (χ1n) is 4.11. The predicted molar refractivity (Wildman–Crippen MR) is 62.5 cm³/mol. The van der Waals surface area contributed by atoms with E-state index in [1.165, 1.54) is 0 Å². The van der Waals surface area contributed by atoms with Gasteiger partial charge in [0.15, 0.2) is 0 Å². The second-order valence-corrected chi connectivity index (χ2v) is 8.30. The van der Waals surface area contributed by atoms with Crippen LogP contribution in [0.25, 0.3) is 0 Å². The van der Waals surface area contributed by atoms with Crippen LogP contribution in [0.1, 0.15) is 17.7 Å². The third-order valence-corrected chi connectivity index (χ3v) is 6.99. The molecule has 2 rings (SSSR count). The molecule has 1 fully saturated rings. The van der Waals surface area contributed by atoms with Crippen LogP contribution in [0.4, 0.5) is 0 Å². The van der Waals surface area contributed by atoms with Crippen LogP contribution < -0.4 is 0 Å². The summed E-state index contributed by atoms with van der Waals surface area (Å²) < 4.78 is 22.9. The van der Waals surface area contributed by atoms with Gasteiger partial charge in [-0.3, -0.25) is 0 Å². The monoisotopic (exact) mass is 314 g/mol. The molecule has 1 aromatic heterocycles. The van der Waals surface area contributed by atoms with Crippen LogP contribution in [0.3, 0.4) is 0 Å². The van der Waals surface area contributed by atoms with Crippen LogP contribution in [-0.2, 0) is 15.5 Å². The fourth-order valence-corrected chi connectivity index (χ4v) is 4.65. The summed E-state index contributed by atoms with van der Waals surface area (Å²) in [5, 5.41) is 1.94. The Morgan fingerprint density at radius 3 is 2.57 bits per heavy atom. The van der Waals surface area contributed by atoms with Crippen molar-refractivity contribution in [1.82, 2.24) is 0 Å². The first-order chi connectivity index (χ1) is 6.45. The van der Waals surface area contributed by atoms with Gasteiger partial charge in [-0.25, -0.2) is 8.42 Å². The fourth-order valence-electron chi connectivity index (χ4n) is 1.39. The number of thiophene rings is 1. The van der Waals surface area contributed by atoms with Crippen molar-refractivity contribution in [1.29, 1.82) is 0 Å². The maximum Gasteiger partial charge on any atom is 0.238 e. The van der Waals surface area contributed by atoms with Crippen molar-refractivity contribution < 1.29 is 8.42 Å². The third kappa shape index (κ3) is 1.87. The Balaban J connectivity index is 2.25. The zero-order chi connectivity index (χ0) is 10.4. The highest BCUT2D eigenvalue weighted by atomic mass is 79.9. The topological polar surface area (TPSA) is 34.1 Å². The highest BCUT2D eigenvalue weighted by Gasteiger charge is 2.54. The quantitative estimate of drug-likeness (QED) is 0.803. The largest absolute Gasteiger partial charge is 0.238 e. The summed E-state index contributed by atoms with van der Waals surface area (Å²) >= 11 is 4.95. The number of hydrogen-bond donors (Lipinski definition) is 0. The van der Waals surface area contributed by atoms with E-state index in [0.29, 0.717) is 19.3 Å². The van der Waals surface area contributed by atoms with Gasteiger partial charge in [-0.2, -0.15) is 0 Å². The van der Waals surface area contributed by atoms with Gasteiger partial charge in [0.25, 0.3) is 0 Å². The first-order valence-corrected chi connectivity index (χ1v) is 8.09. The van der Waals surface area contributed by atoms with Crippen molar-refractivity contribution >= 4 is 47.0 Å². The van der Waals surface area contributed by atoms with Crippen molar-refractivity contribution in [3.63, 3.8) is 0 Å². The maximum atomic E-state index is 11.3. The molecule has 0 aliphatic heterocycles. The van der Waals surface area contributed by atoms with Crippen LogP contribution >= 0.6 is 37.9 Å². The van der Waals surface area contributed by atoms with Crippen molar-refractivity contribution in [3.05, 3.63) is 20.8 Å². The minimum atomic E-state index is -3.43. The SMILES string of the molecule is O=S(=O)(Cl)C1(Cc2sccc2Br)CC1. The molecule has 1 aliphatic rings. The molecule has 1 heterocycles. The number of hydrogen-bond acceptors (Lipinski definition) is 3. The van der Waals surface area contributed by atoms with Gasteiger partial charge in [0.2, 0.25) is 9.05 Å². The predicted octanol–water partition coefficient (Wildman–Crippen LogP) is 3.15. The molecule has 0 unspecified atom stereocenters. The fraction of sp³-hybridized carbons (Fsp3) is 0.500. The number of rotatable bonds is 3. The maximum absolute atomic E-state index is 11.3. The zero-order valence-corrected chi connectivity index (χ0v) is 11.1. The summed E-state index contributed by atoms with van der Waals surface area (Å²) in [5.74, 6) is 0. The first kappa shape index (κ1) is 10.9. The molecule has 14 heavy (non-hydrogen) atoms. The molecule has 1 aromatic rings. The molecule has 0 N–H and O–H groups in total. The smallest absolute Gasteiger partial charge is 0.212 e. The molecule has 0 saturated heterocycles. The van der Waals surface area contributed by atoms with Crippen molar-refractivity contribution in [3.8, 4) is 0 Å². The molecular formula is C8H8BrClO2S2. The lowest BCUT2D eigenvalue weighted by molar-refractivity contribution is 0.590. The molecule has 0 aromatic carbocycles. The molecule has 1 aliphatic carbocycles. The van der Waals surface area contributed by atoms with E-state index >= 15 is 0 Å². The molecule has 0 radical (unpaired) electrons. The van der Waals surface area contributed by atoms with E-state index in [1.807, 2.05) is 11.4 Å². The van der Waals surface area contributed by atoms with Gasteiger partial charge in [0.1, 0.15) is 0 Å². The van der Waals surface area contributed by atoms with Crippen LogP contribution in [0.5, 0.6) is 0 Å². The van der Waals surface area contributed by atoms with Crippen LogP contribution in [0.15, 0.2) is 15.9 Å². The average Bonchev–Trinajstić information content (AvgIpc) is 2.73. The minimum absolute atomic E-state index is 0.539. The van der Waals surface area contributed by atoms with Crippen LogP contribution in [0.2, 0.25) is 0 Å². The number of halogens is 2. The molecular weight excluding hydrogens is 308 g/mol. The molecule has 2 nitrogen and oxygen atoms in total. The lowest BCUT2D eigenvalue weighted by Crippen LogP contribution is -2.20. The van der Waals surface area contributed by atoms with E-state index in [9.17, 15) is 8.42 Å². The summed E-state index contributed by atoms with van der Waals surface area (Å²) in [4.78, 5) is 1.06. The van der Waals surface area contributed by atoms with Gasteiger partial charge in [-0.15, -0.1) is 11.3 Å². The summed E-state index contributed by atoms with van der Waals surface area (Å²) in [6.07, 6.45) is 1.91. The Bertz CT molecular complexity index is 448. The van der Waals surface area contributed by atoms with Gasteiger partial charge in [0, 0.05) is 26.5 Å². The molecule has 0 amide bonds. The normalized spacial score (nSPS) is 19.6. The highest BCUT2D eigenvalue weighted by molar-refractivity contribution is 9.10. The molecule has 0 spiro atoms. The van der Waals surface area contributed by atoms with Crippen molar-refractivity contribution in [2.75, 3.05) is 0 Å². The van der Waals surface area contributed by atoms with Gasteiger partial charge in [-0.1, -0.05) is 0 Å². The zero-order valence-electron chi connectivity index (χ0n) is 7.16. The Morgan fingerprint density at radius 1 is 1.57 bits per heavy atom. The molecule has 0 atom stereocenters. The van der Waals surface area contributed by atoms with Gasteiger partial charge in [-0.05, 0) is 40.2 Å². The Morgan fingerprint density at radius 2 is 2.21 bits per heavy atom. The van der Waals surface area contributed by atoms with Crippen LogP contribution in [-0.4, -0.2) is 13.2 Å². The van der Waals surface area contributed by atoms with E-state index in [1.54, 1.807) is 11.3 Å². The van der Waals surface area contributed by atoms with Crippen molar-refractivity contribution in [2.24, 2.45) is 0 Å². The molecule has 0 bridgehead atoms. The summed E-state index contributed by atoms with van der Waals surface area (Å²) in [5.41, 5.74) is 0. The van der Waals surface area contributed by atoms with Gasteiger partial charge in [0.05, 0.1) is 4.75 Å². The van der Waals surface area contributed by atoms with Crippen molar-refractivity contribution in [2.45, 2.75) is 24.0 Å². The molecule has 1 saturated carbocycles. The lowest BCUT2D eigenvalue weighted by Gasteiger charge is -2.09. The summed E-state index contributed by atoms with van der Waals surface area (Å²) in [6, 6.07) is 1.93. The van der Waals surface area contributed by atoms with Gasteiger partial charge >= 0.3 is 0 Å². The summed E-state index contributed by atoms with van der Waals surface area (Å²) in [6.45, 7) is 0. The Hall–Kier alpha value is 0.420. The summed E-state index contributed by atoms with van der Waals surface area (Å²) in [7, 11) is 1.99.